The van der Waals surface area contributed by atoms with E-state index in [1.165, 1.54) is 0 Å². The molecule has 0 saturated carbocycles. The van der Waals surface area contributed by atoms with Crippen molar-refractivity contribution < 1.29 is 14.9 Å². The maximum atomic E-state index is 9.53. The number of aryl methyl sites for hydroxylation is 1. The van der Waals surface area contributed by atoms with Crippen molar-refractivity contribution >= 4 is 0 Å². The van der Waals surface area contributed by atoms with Crippen LogP contribution < -0.4 is 0 Å². The molecule has 0 radical (unpaired) electrons. The molecule has 0 atom stereocenters. The molecule has 90 valence electrons. The van der Waals surface area contributed by atoms with Gasteiger partial charge < -0.3 is 14.9 Å². The molecule has 3 heteroatoms. The maximum Gasteiger partial charge on any atom is 0.0550 e. The van der Waals surface area contributed by atoms with E-state index in [2.05, 4.69) is 0 Å². The van der Waals surface area contributed by atoms with Crippen molar-refractivity contribution in [2.75, 3.05) is 26.9 Å². The van der Waals surface area contributed by atoms with Gasteiger partial charge in [-0.2, -0.15) is 0 Å². The maximum absolute atomic E-state index is 9.53. The van der Waals surface area contributed by atoms with Crippen LogP contribution in [0.4, 0.5) is 0 Å². The molecule has 0 heterocycles. The molecular formula is C13H20O3. The third-order valence-electron chi connectivity index (χ3n) is 3.02. The van der Waals surface area contributed by atoms with Crippen LogP contribution in [0, 0.1) is 6.92 Å². The van der Waals surface area contributed by atoms with E-state index < -0.39 is 5.41 Å². The number of aliphatic hydroxyl groups is 2. The first-order valence-corrected chi connectivity index (χ1v) is 5.46. The van der Waals surface area contributed by atoms with E-state index in [9.17, 15) is 10.2 Å². The highest BCUT2D eigenvalue weighted by atomic mass is 16.5. The van der Waals surface area contributed by atoms with Crippen LogP contribution in [0.3, 0.4) is 0 Å². The molecule has 1 rings (SSSR count). The Labute approximate surface area is 96.7 Å². The number of hydrogen-bond donors (Lipinski definition) is 2. The standard InChI is InChI=1S/C13H20O3/c1-11-4-3-5-12(8-11)13(9-14,10-15)6-7-16-2/h3-5,8,14-15H,6-7,9-10H2,1-2H3. The number of ether oxygens (including phenoxy) is 1. The molecule has 0 bridgehead atoms. The molecular weight excluding hydrogens is 204 g/mol. The average molecular weight is 224 g/mol. The fourth-order valence-corrected chi connectivity index (χ4v) is 1.81. The van der Waals surface area contributed by atoms with Gasteiger partial charge in [0.05, 0.1) is 13.2 Å². The smallest absolute Gasteiger partial charge is 0.0550 e. The summed E-state index contributed by atoms with van der Waals surface area (Å²) < 4.78 is 5.03. The summed E-state index contributed by atoms with van der Waals surface area (Å²) in [6.07, 6.45) is 0.611. The monoisotopic (exact) mass is 224 g/mol. The highest BCUT2D eigenvalue weighted by Gasteiger charge is 2.30. The van der Waals surface area contributed by atoms with Crippen molar-refractivity contribution in [3.8, 4) is 0 Å². The molecule has 0 unspecified atom stereocenters. The first kappa shape index (κ1) is 13.2. The van der Waals surface area contributed by atoms with Gasteiger partial charge in [-0.15, -0.1) is 0 Å². The number of aliphatic hydroxyl groups excluding tert-OH is 2. The summed E-state index contributed by atoms with van der Waals surface area (Å²) in [5, 5.41) is 19.1. The second-order valence-corrected chi connectivity index (χ2v) is 4.21. The summed E-state index contributed by atoms with van der Waals surface area (Å²) in [6, 6.07) is 7.88. The van der Waals surface area contributed by atoms with Crippen molar-refractivity contribution in [3.63, 3.8) is 0 Å². The molecule has 0 saturated heterocycles. The normalized spacial score (nSPS) is 11.8. The van der Waals surface area contributed by atoms with Gasteiger partial charge >= 0.3 is 0 Å². The predicted molar refractivity (Wildman–Crippen MR) is 63.5 cm³/mol. The van der Waals surface area contributed by atoms with Crippen LogP contribution in [-0.2, 0) is 10.2 Å². The molecule has 1 aromatic rings. The van der Waals surface area contributed by atoms with Crippen LogP contribution in [0.25, 0.3) is 0 Å². The third-order valence-corrected chi connectivity index (χ3v) is 3.02. The fourth-order valence-electron chi connectivity index (χ4n) is 1.81. The summed E-state index contributed by atoms with van der Waals surface area (Å²) in [7, 11) is 1.62. The third kappa shape index (κ3) is 2.82. The first-order chi connectivity index (χ1) is 7.68. The minimum atomic E-state index is -0.595. The van der Waals surface area contributed by atoms with E-state index in [-0.39, 0.29) is 13.2 Å². The van der Waals surface area contributed by atoms with Gasteiger partial charge in [0.1, 0.15) is 0 Å². The second kappa shape index (κ2) is 5.99. The van der Waals surface area contributed by atoms with Gasteiger partial charge in [0, 0.05) is 19.1 Å². The van der Waals surface area contributed by atoms with Crippen LogP contribution in [-0.4, -0.2) is 37.1 Å². The summed E-state index contributed by atoms with van der Waals surface area (Å²) in [6.45, 7) is 2.38. The Morgan fingerprint density at radius 2 is 1.94 bits per heavy atom. The van der Waals surface area contributed by atoms with Gasteiger partial charge in [-0.3, -0.25) is 0 Å². The molecule has 0 aromatic heterocycles. The Morgan fingerprint density at radius 3 is 2.44 bits per heavy atom. The molecule has 2 N–H and O–H groups in total. The first-order valence-electron chi connectivity index (χ1n) is 5.46. The van der Waals surface area contributed by atoms with Crippen LogP contribution in [0.2, 0.25) is 0 Å². The average Bonchev–Trinajstić information content (AvgIpc) is 2.31. The van der Waals surface area contributed by atoms with Gasteiger partial charge in [-0.1, -0.05) is 29.8 Å². The van der Waals surface area contributed by atoms with Gasteiger partial charge in [-0.05, 0) is 18.9 Å². The zero-order chi connectivity index (χ0) is 12.0. The fraction of sp³-hybridized carbons (Fsp3) is 0.538. The molecule has 0 amide bonds. The van der Waals surface area contributed by atoms with E-state index in [4.69, 9.17) is 4.74 Å². The molecule has 0 aliphatic carbocycles. The summed E-state index contributed by atoms with van der Waals surface area (Å²) >= 11 is 0. The lowest BCUT2D eigenvalue weighted by Gasteiger charge is -2.30. The lowest BCUT2D eigenvalue weighted by Crippen LogP contribution is -2.36. The predicted octanol–water partition coefficient (Wildman–Crippen LogP) is 1.25. The van der Waals surface area contributed by atoms with E-state index in [1.54, 1.807) is 7.11 Å². The number of benzene rings is 1. The van der Waals surface area contributed by atoms with Gasteiger partial charge in [0.2, 0.25) is 0 Å². The summed E-state index contributed by atoms with van der Waals surface area (Å²) in [5.41, 5.74) is 1.50. The second-order valence-electron chi connectivity index (χ2n) is 4.21. The van der Waals surface area contributed by atoms with Gasteiger partial charge in [0.25, 0.3) is 0 Å². The zero-order valence-corrected chi connectivity index (χ0v) is 9.94. The minimum Gasteiger partial charge on any atom is -0.395 e. The summed E-state index contributed by atoms with van der Waals surface area (Å²) in [5.74, 6) is 0. The van der Waals surface area contributed by atoms with Crippen LogP contribution in [0.5, 0.6) is 0 Å². The lowest BCUT2D eigenvalue weighted by molar-refractivity contribution is 0.0794. The number of methoxy groups -OCH3 is 1. The SMILES string of the molecule is COCCC(CO)(CO)c1cccc(C)c1. The van der Waals surface area contributed by atoms with Crippen LogP contribution in [0.1, 0.15) is 17.5 Å². The topological polar surface area (TPSA) is 49.7 Å². The van der Waals surface area contributed by atoms with Crippen molar-refractivity contribution in [2.24, 2.45) is 0 Å². The van der Waals surface area contributed by atoms with E-state index in [0.717, 1.165) is 11.1 Å². The molecule has 16 heavy (non-hydrogen) atoms. The van der Waals surface area contributed by atoms with Gasteiger partial charge in [-0.25, -0.2) is 0 Å². The minimum absolute atomic E-state index is 0.0731. The Kier molecular flexibility index (Phi) is 4.93. The van der Waals surface area contributed by atoms with E-state index in [1.807, 2.05) is 31.2 Å². The molecule has 0 aliphatic heterocycles. The van der Waals surface area contributed by atoms with Crippen molar-refractivity contribution in [1.82, 2.24) is 0 Å². The van der Waals surface area contributed by atoms with Crippen LogP contribution in [0.15, 0.2) is 24.3 Å². The largest absolute Gasteiger partial charge is 0.395 e. The molecule has 0 fully saturated rings. The van der Waals surface area contributed by atoms with Gasteiger partial charge in [0.15, 0.2) is 0 Å². The van der Waals surface area contributed by atoms with Crippen molar-refractivity contribution in [1.29, 1.82) is 0 Å². The molecule has 1 aromatic carbocycles. The van der Waals surface area contributed by atoms with Crippen LogP contribution >= 0.6 is 0 Å². The Balaban J connectivity index is 2.99. The van der Waals surface area contributed by atoms with Crippen molar-refractivity contribution in [3.05, 3.63) is 35.4 Å². The Bertz CT molecular complexity index is 319. The number of rotatable bonds is 6. The lowest BCUT2D eigenvalue weighted by atomic mass is 9.79. The molecule has 3 nitrogen and oxygen atoms in total. The highest BCUT2D eigenvalue weighted by molar-refractivity contribution is 5.30. The summed E-state index contributed by atoms with van der Waals surface area (Å²) in [4.78, 5) is 0. The highest BCUT2D eigenvalue weighted by Crippen LogP contribution is 2.28. The molecule has 0 spiro atoms. The Hall–Kier alpha value is -0.900. The Morgan fingerprint density at radius 1 is 1.25 bits per heavy atom. The number of hydrogen-bond acceptors (Lipinski definition) is 3. The quantitative estimate of drug-likeness (QED) is 0.764. The van der Waals surface area contributed by atoms with E-state index >= 15 is 0 Å². The van der Waals surface area contributed by atoms with Crippen molar-refractivity contribution in [2.45, 2.75) is 18.8 Å². The molecule has 0 aliphatic rings. The van der Waals surface area contributed by atoms with E-state index in [0.29, 0.717) is 13.0 Å². The zero-order valence-electron chi connectivity index (χ0n) is 9.94.